The molecular formula is C20H20Cl2N4O3S. The van der Waals surface area contributed by atoms with Crippen molar-refractivity contribution in [3.05, 3.63) is 58.3 Å². The average molecular weight is 467 g/mol. The highest BCUT2D eigenvalue weighted by Crippen LogP contribution is 2.28. The second-order valence-corrected chi connectivity index (χ2v) is 8.45. The third-order valence-corrected chi connectivity index (χ3v) is 5.89. The SMILES string of the molecule is COc1ccc(OCc2nnc(S[C@H](C)C(=O)Nc3cc(Cl)ccc3Cl)n2C)cc1. The number of ether oxygens (including phenoxy) is 2. The second-order valence-electron chi connectivity index (χ2n) is 6.30. The first-order valence-electron chi connectivity index (χ1n) is 8.95. The molecule has 1 heterocycles. The third-order valence-electron chi connectivity index (χ3n) is 4.19. The van der Waals surface area contributed by atoms with Crippen LogP contribution in [0.4, 0.5) is 5.69 Å². The van der Waals surface area contributed by atoms with E-state index in [4.69, 9.17) is 32.7 Å². The maximum Gasteiger partial charge on any atom is 0.237 e. The molecule has 0 bridgehead atoms. The van der Waals surface area contributed by atoms with Crippen molar-refractivity contribution in [2.75, 3.05) is 12.4 Å². The molecule has 1 aromatic heterocycles. The van der Waals surface area contributed by atoms with Crippen LogP contribution in [0.25, 0.3) is 0 Å². The molecule has 7 nitrogen and oxygen atoms in total. The van der Waals surface area contributed by atoms with Gasteiger partial charge in [0.05, 0.1) is 23.1 Å². The van der Waals surface area contributed by atoms with Crippen LogP contribution in [0, 0.1) is 0 Å². The summed E-state index contributed by atoms with van der Waals surface area (Å²) in [5.41, 5.74) is 0.466. The molecule has 0 spiro atoms. The number of amides is 1. The number of methoxy groups -OCH3 is 1. The van der Waals surface area contributed by atoms with Crippen molar-refractivity contribution in [3.8, 4) is 11.5 Å². The number of carbonyl (C=O) groups is 1. The molecule has 0 radical (unpaired) electrons. The van der Waals surface area contributed by atoms with E-state index in [0.29, 0.717) is 32.5 Å². The molecule has 30 heavy (non-hydrogen) atoms. The Labute approximate surface area is 188 Å². The minimum Gasteiger partial charge on any atom is -0.497 e. The van der Waals surface area contributed by atoms with Gasteiger partial charge < -0.3 is 19.4 Å². The Hall–Kier alpha value is -2.42. The van der Waals surface area contributed by atoms with E-state index in [9.17, 15) is 4.79 Å². The van der Waals surface area contributed by atoms with Gasteiger partial charge in [0.15, 0.2) is 11.0 Å². The highest BCUT2D eigenvalue weighted by atomic mass is 35.5. The van der Waals surface area contributed by atoms with Gasteiger partial charge in [0.2, 0.25) is 5.91 Å². The van der Waals surface area contributed by atoms with E-state index in [1.165, 1.54) is 11.8 Å². The largest absolute Gasteiger partial charge is 0.497 e. The van der Waals surface area contributed by atoms with Crippen molar-refractivity contribution in [2.45, 2.75) is 23.9 Å². The summed E-state index contributed by atoms with van der Waals surface area (Å²) in [4.78, 5) is 12.5. The molecule has 0 aliphatic rings. The molecule has 1 atom stereocenters. The number of nitrogens with one attached hydrogen (secondary N) is 1. The number of hydrogen-bond acceptors (Lipinski definition) is 6. The number of thioether (sulfide) groups is 1. The lowest BCUT2D eigenvalue weighted by molar-refractivity contribution is -0.115. The second kappa shape index (κ2) is 10.1. The lowest BCUT2D eigenvalue weighted by atomic mass is 10.3. The molecule has 1 N–H and O–H groups in total. The number of rotatable bonds is 8. The average Bonchev–Trinajstić information content (AvgIpc) is 3.08. The van der Waals surface area contributed by atoms with E-state index in [1.54, 1.807) is 36.8 Å². The Morgan fingerprint density at radius 3 is 2.57 bits per heavy atom. The first-order chi connectivity index (χ1) is 14.4. The van der Waals surface area contributed by atoms with Gasteiger partial charge in [-0.3, -0.25) is 4.79 Å². The molecule has 3 aromatic rings. The zero-order chi connectivity index (χ0) is 21.7. The molecule has 0 fully saturated rings. The Kier molecular flexibility index (Phi) is 7.47. The van der Waals surface area contributed by atoms with Gasteiger partial charge in [0.1, 0.15) is 18.1 Å². The van der Waals surface area contributed by atoms with E-state index in [-0.39, 0.29) is 12.5 Å². The van der Waals surface area contributed by atoms with Gasteiger partial charge >= 0.3 is 0 Å². The Morgan fingerprint density at radius 1 is 1.17 bits per heavy atom. The van der Waals surface area contributed by atoms with Crippen LogP contribution in [0.15, 0.2) is 47.6 Å². The summed E-state index contributed by atoms with van der Waals surface area (Å²) in [6.45, 7) is 2.02. The van der Waals surface area contributed by atoms with Crippen molar-refractivity contribution in [1.82, 2.24) is 14.8 Å². The highest BCUT2D eigenvalue weighted by molar-refractivity contribution is 8.00. The number of aromatic nitrogens is 3. The Balaban J connectivity index is 1.59. The molecule has 0 saturated carbocycles. The molecule has 0 aliphatic heterocycles. The summed E-state index contributed by atoms with van der Waals surface area (Å²) in [5.74, 6) is 1.87. The van der Waals surface area contributed by atoms with Gasteiger partial charge in [-0.1, -0.05) is 35.0 Å². The topological polar surface area (TPSA) is 78.3 Å². The van der Waals surface area contributed by atoms with Crippen molar-refractivity contribution in [2.24, 2.45) is 7.05 Å². The van der Waals surface area contributed by atoms with Gasteiger partial charge in [-0.15, -0.1) is 10.2 Å². The summed E-state index contributed by atoms with van der Waals surface area (Å²) < 4.78 is 12.7. The molecule has 10 heteroatoms. The summed E-state index contributed by atoms with van der Waals surface area (Å²) >= 11 is 13.4. The van der Waals surface area contributed by atoms with E-state index in [0.717, 1.165) is 5.75 Å². The lowest BCUT2D eigenvalue weighted by Crippen LogP contribution is -2.23. The van der Waals surface area contributed by atoms with E-state index in [2.05, 4.69) is 15.5 Å². The van der Waals surface area contributed by atoms with Crippen LogP contribution in [-0.2, 0) is 18.4 Å². The van der Waals surface area contributed by atoms with Gasteiger partial charge in [-0.2, -0.15) is 0 Å². The first-order valence-corrected chi connectivity index (χ1v) is 10.6. The predicted octanol–water partition coefficient (Wildman–Crippen LogP) is 4.83. The van der Waals surface area contributed by atoms with Gasteiger partial charge in [-0.25, -0.2) is 0 Å². The number of hydrogen-bond donors (Lipinski definition) is 1. The van der Waals surface area contributed by atoms with Gasteiger partial charge in [-0.05, 0) is 49.4 Å². The van der Waals surface area contributed by atoms with Crippen LogP contribution in [0.3, 0.4) is 0 Å². The molecule has 3 rings (SSSR count). The fourth-order valence-electron chi connectivity index (χ4n) is 2.43. The molecule has 0 saturated heterocycles. The van der Waals surface area contributed by atoms with Crippen LogP contribution >= 0.6 is 35.0 Å². The number of benzene rings is 2. The van der Waals surface area contributed by atoms with E-state index in [1.807, 2.05) is 31.3 Å². The van der Waals surface area contributed by atoms with Crippen molar-refractivity contribution >= 4 is 46.6 Å². The summed E-state index contributed by atoms with van der Waals surface area (Å²) in [6.07, 6.45) is 0. The minimum absolute atomic E-state index is 0.219. The van der Waals surface area contributed by atoms with Crippen LogP contribution in [0.2, 0.25) is 10.0 Å². The molecule has 158 valence electrons. The zero-order valence-electron chi connectivity index (χ0n) is 16.6. The van der Waals surface area contributed by atoms with Crippen LogP contribution < -0.4 is 14.8 Å². The lowest BCUT2D eigenvalue weighted by Gasteiger charge is -2.13. The molecule has 0 aliphatic carbocycles. The van der Waals surface area contributed by atoms with Gasteiger partial charge in [0, 0.05) is 12.1 Å². The number of anilines is 1. The minimum atomic E-state index is -0.432. The van der Waals surface area contributed by atoms with Crippen molar-refractivity contribution < 1.29 is 14.3 Å². The maximum absolute atomic E-state index is 12.5. The van der Waals surface area contributed by atoms with E-state index < -0.39 is 5.25 Å². The van der Waals surface area contributed by atoms with E-state index >= 15 is 0 Å². The highest BCUT2D eigenvalue weighted by Gasteiger charge is 2.20. The van der Waals surface area contributed by atoms with Crippen LogP contribution in [-0.4, -0.2) is 33.0 Å². The maximum atomic E-state index is 12.5. The molecular weight excluding hydrogens is 447 g/mol. The monoisotopic (exact) mass is 466 g/mol. The number of carbonyl (C=O) groups excluding carboxylic acids is 1. The summed E-state index contributed by atoms with van der Waals surface area (Å²) in [6, 6.07) is 12.2. The van der Waals surface area contributed by atoms with Crippen molar-refractivity contribution in [1.29, 1.82) is 0 Å². The third kappa shape index (κ3) is 5.59. The molecule has 1 amide bonds. The Morgan fingerprint density at radius 2 is 1.87 bits per heavy atom. The zero-order valence-corrected chi connectivity index (χ0v) is 18.9. The standard InChI is InChI=1S/C20H20Cl2N4O3S/c1-12(19(27)23-17-10-13(21)4-9-16(17)22)30-20-25-24-18(26(20)2)11-29-15-7-5-14(28-3)6-8-15/h4-10,12H,11H2,1-3H3,(H,23,27)/t12-/m1/s1. The first kappa shape index (κ1) is 22.3. The number of halogens is 2. The molecule has 0 unspecified atom stereocenters. The van der Waals surface area contributed by atoms with Gasteiger partial charge in [0.25, 0.3) is 0 Å². The Bertz CT molecular complexity index is 1030. The fraction of sp³-hybridized carbons (Fsp3) is 0.250. The molecule has 2 aromatic carbocycles. The summed E-state index contributed by atoms with van der Waals surface area (Å²) in [7, 11) is 3.44. The fourth-order valence-corrected chi connectivity index (χ4v) is 3.60. The predicted molar refractivity (Wildman–Crippen MR) is 119 cm³/mol. The summed E-state index contributed by atoms with van der Waals surface area (Å²) in [5, 5.41) is 12.2. The van der Waals surface area contributed by atoms with Crippen molar-refractivity contribution in [3.63, 3.8) is 0 Å². The van der Waals surface area contributed by atoms with Crippen LogP contribution in [0.1, 0.15) is 12.7 Å². The normalized spacial score (nSPS) is 11.8. The quantitative estimate of drug-likeness (QED) is 0.479. The number of nitrogens with zero attached hydrogens (tertiary/aromatic N) is 3. The van der Waals surface area contributed by atoms with Crippen LogP contribution in [0.5, 0.6) is 11.5 Å². The smallest absolute Gasteiger partial charge is 0.237 e.